The van der Waals surface area contributed by atoms with Gasteiger partial charge in [0.1, 0.15) is 0 Å². The zero-order valence-electron chi connectivity index (χ0n) is 10.5. The fraction of sp³-hybridized carbons (Fsp3) is 0.462. The molecule has 0 amide bonds. The van der Waals surface area contributed by atoms with Gasteiger partial charge in [-0.2, -0.15) is 0 Å². The molecule has 0 heterocycles. The summed E-state index contributed by atoms with van der Waals surface area (Å²) in [5.41, 5.74) is 3.32. The van der Waals surface area contributed by atoms with E-state index in [-0.39, 0.29) is 0 Å². The van der Waals surface area contributed by atoms with Crippen molar-refractivity contribution in [3.63, 3.8) is 0 Å². The molecule has 0 aromatic rings. The summed E-state index contributed by atoms with van der Waals surface area (Å²) in [7, 11) is 1.91. The summed E-state index contributed by atoms with van der Waals surface area (Å²) in [4.78, 5) is 4.45. The van der Waals surface area contributed by atoms with Crippen LogP contribution in [0.1, 0.15) is 27.7 Å². The summed E-state index contributed by atoms with van der Waals surface area (Å²) in [6.45, 7) is 12.0. The summed E-state index contributed by atoms with van der Waals surface area (Å²) in [5, 5.41) is 3.12. The van der Waals surface area contributed by atoms with Gasteiger partial charge in [0.05, 0.1) is 5.70 Å². The van der Waals surface area contributed by atoms with Gasteiger partial charge in [0, 0.05) is 19.0 Å². The van der Waals surface area contributed by atoms with E-state index in [1.54, 1.807) is 0 Å². The van der Waals surface area contributed by atoms with Crippen LogP contribution in [0.15, 0.2) is 40.7 Å². The predicted octanol–water partition coefficient (Wildman–Crippen LogP) is 3.30. The molecule has 1 N–H and O–H groups in total. The largest absolute Gasteiger partial charge is 0.390 e. The highest BCUT2D eigenvalue weighted by atomic mass is 14.9. The number of hydrogen-bond acceptors (Lipinski definition) is 2. The van der Waals surface area contributed by atoms with Gasteiger partial charge < -0.3 is 5.32 Å². The van der Waals surface area contributed by atoms with Crippen LogP contribution in [0, 0.1) is 5.92 Å². The number of hydrogen-bond donors (Lipinski definition) is 1. The normalized spacial score (nSPS) is 14.4. The minimum Gasteiger partial charge on any atom is -0.390 e. The second-order valence-corrected chi connectivity index (χ2v) is 3.81. The molecule has 0 radical (unpaired) electrons. The molecule has 0 unspecified atom stereocenters. The fourth-order valence-electron chi connectivity index (χ4n) is 1.11. The van der Waals surface area contributed by atoms with Crippen molar-refractivity contribution in [2.75, 3.05) is 7.05 Å². The highest BCUT2D eigenvalue weighted by Gasteiger charge is 2.03. The summed E-state index contributed by atoms with van der Waals surface area (Å²) < 4.78 is 0. The van der Waals surface area contributed by atoms with Crippen molar-refractivity contribution < 1.29 is 0 Å². The van der Waals surface area contributed by atoms with Crippen LogP contribution >= 0.6 is 0 Å². The topological polar surface area (TPSA) is 24.4 Å². The molecule has 0 saturated carbocycles. The maximum Gasteiger partial charge on any atom is 0.0614 e. The van der Waals surface area contributed by atoms with Crippen LogP contribution in [0.2, 0.25) is 0 Å². The minimum absolute atomic E-state index is 0.422. The Morgan fingerprint density at radius 3 is 2.33 bits per heavy atom. The maximum atomic E-state index is 4.45. The Labute approximate surface area is 93.5 Å². The second kappa shape index (κ2) is 7.04. The molecule has 15 heavy (non-hydrogen) atoms. The first-order valence-electron chi connectivity index (χ1n) is 5.24. The highest BCUT2D eigenvalue weighted by molar-refractivity contribution is 5.73. The van der Waals surface area contributed by atoms with Crippen LogP contribution in [0.25, 0.3) is 0 Å². The molecule has 2 heteroatoms. The summed E-state index contributed by atoms with van der Waals surface area (Å²) in [6.07, 6.45) is 5.60. The monoisotopic (exact) mass is 206 g/mol. The highest BCUT2D eigenvalue weighted by Crippen LogP contribution is 2.13. The van der Waals surface area contributed by atoms with E-state index in [0.29, 0.717) is 5.92 Å². The van der Waals surface area contributed by atoms with Gasteiger partial charge in [-0.1, -0.05) is 32.1 Å². The Morgan fingerprint density at radius 1 is 1.33 bits per heavy atom. The van der Waals surface area contributed by atoms with Gasteiger partial charge in [0.25, 0.3) is 0 Å². The lowest BCUT2D eigenvalue weighted by Gasteiger charge is -2.10. The Kier molecular flexibility index (Phi) is 6.43. The Hall–Kier alpha value is -1.31. The Balaban J connectivity index is 4.79. The molecule has 0 aliphatic carbocycles. The van der Waals surface area contributed by atoms with E-state index in [1.165, 1.54) is 0 Å². The molecule has 0 rings (SSSR count). The van der Waals surface area contributed by atoms with Gasteiger partial charge in [0.15, 0.2) is 0 Å². The molecule has 0 aromatic heterocycles. The van der Waals surface area contributed by atoms with Crippen molar-refractivity contribution >= 4 is 6.21 Å². The number of rotatable bonds is 5. The van der Waals surface area contributed by atoms with Gasteiger partial charge in [-0.15, -0.1) is 0 Å². The first-order valence-corrected chi connectivity index (χ1v) is 5.24. The number of allylic oxidation sites excluding steroid dienone is 5. The average molecular weight is 206 g/mol. The second-order valence-electron chi connectivity index (χ2n) is 3.81. The van der Waals surface area contributed by atoms with Gasteiger partial charge in [0.2, 0.25) is 0 Å². The molecular formula is C13H22N2. The lowest BCUT2D eigenvalue weighted by atomic mass is 10.1. The molecule has 0 aliphatic heterocycles. The molecule has 0 bridgehead atoms. The van der Waals surface area contributed by atoms with E-state index in [4.69, 9.17) is 0 Å². The molecule has 2 nitrogen and oxygen atoms in total. The van der Waals surface area contributed by atoms with Gasteiger partial charge in [-0.05, 0) is 25.8 Å². The Bertz CT molecular complexity index is 294. The van der Waals surface area contributed by atoms with Crippen molar-refractivity contribution in [2.24, 2.45) is 10.9 Å². The molecule has 0 saturated heterocycles. The molecule has 0 spiro atoms. The maximum absolute atomic E-state index is 4.45. The van der Waals surface area contributed by atoms with Gasteiger partial charge in [-0.3, -0.25) is 4.99 Å². The molecular weight excluding hydrogens is 184 g/mol. The standard InChI is InChI=1S/C13H22N2/c1-7-11(4)8-9-15-13(10(2)3)12(5)14-6/h7-10,14H,1H2,2-6H3/b11-8+,13-12+,15-9-. The summed E-state index contributed by atoms with van der Waals surface area (Å²) >= 11 is 0. The van der Waals surface area contributed by atoms with E-state index >= 15 is 0 Å². The minimum atomic E-state index is 0.422. The van der Waals surface area contributed by atoms with Gasteiger partial charge in [-0.25, -0.2) is 0 Å². The smallest absolute Gasteiger partial charge is 0.0614 e. The predicted molar refractivity (Wildman–Crippen MR) is 69.0 cm³/mol. The van der Waals surface area contributed by atoms with Crippen molar-refractivity contribution in [3.05, 3.63) is 35.7 Å². The summed E-state index contributed by atoms with van der Waals surface area (Å²) in [5.74, 6) is 0.422. The lowest BCUT2D eigenvalue weighted by molar-refractivity contribution is 0.728. The fourth-order valence-corrected chi connectivity index (χ4v) is 1.11. The zero-order valence-corrected chi connectivity index (χ0v) is 10.5. The zero-order chi connectivity index (χ0) is 11.8. The van der Waals surface area contributed by atoms with Crippen LogP contribution < -0.4 is 5.32 Å². The third-order valence-corrected chi connectivity index (χ3v) is 2.18. The summed E-state index contributed by atoms with van der Waals surface area (Å²) in [6, 6.07) is 0. The average Bonchev–Trinajstić information content (AvgIpc) is 2.22. The molecule has 0 aliphatic rings. The number of aliphatic imine (C=N–C) groups is 1. The van der Waals surface area contributed by atoms with E-state index in [9.17, 15) is 0 Å². The first-order chi connectivity index (χ1) is 7.02. The number of nitrogens with zero attached hydrogens (tertiary/aromatic N) is 1. The van der Waals surface area contributed by atoms with Crippen molar-refractivity contribution in [3.8, 4) is 0 Å². The Morgan fingerprint density at radius 2 is 1.93 bits per heavy atom. The molecule has 0 fully saturated rings. The molecule has 0 atom stereocenters. The van der Waals surface area contributed by atoms with E-state index in [1.807, 2.05) is 39.3 Å². The first kappa shape index (κ1) is 13.7. The van der Waals surface area contributed by atoms with Crippen LogP contribution in [-0.2, 0) is 0 Å². The van der Waals surface area contributed by atoms with E-state index in [0.717, 1.165) is 17.0 Å². The van der Waals surface area contributed by atoms with E-state index in [2.05, 4.69) is 30.7 Å². The molecule has 0 aromatic carbocycles. The number of nitrogens with one attached hydrogen (secondary N) is 1. The van der Waals surface area contributed by atoms with E-state index < -0.39 is 0 Å². The third kappa shape index (κ3) is 5.21. The molecule has 84 valence electrons. The van der Waals surface area contributed by atoms with Crippen LogP contribution in [0.4, 0.5) is 0 Å². The van der Waals surface area contributed by atoms with Crippen molar-refractivity contribution in [1.29, 1.82) is 0 Å². The van der Waals surface area contributed by atoms with Crippen molar-refractivity contribution in [2.45, 2.75) is 27.7 Å². The van der Waals surface area contributed by atoms with Crippen LogP contribution in [0.3, 0.4) is 0 Å². The SMILES string of the molecule is C=C/C(C)=C/C=N\C(=C(/C)NC)C(C)C. The third-order valence-electron chi connectivity index (χ3n) is 2.18. The quantitative estimate of drug-likeness (QED) is 0.541. The van der Waals surface area contributed by atoms with Gasteiger partial charge >= 0.3 is 0 Å². The van der Waals surface area contributed by atoms with Crippen LogP contribution in [-0.4, -0.2) is 13.3 Å². The lowest BCUT2D eigenvalue weighted by Crippen LogP contribution is -2.08. The van der Waals surface area contributed by atoms with Crippen molar-refractivity contribution in [1.82, 2.24) is 5.32 Å². The van der Waals surface area contributed by atoms with Crippen LogP contribution in [0.5, 0.6) is 0 Å².